The lowest BCUT2D eigenvalue weighted by molar-refractivity contribution is 0.0697. The minimum atomic E-state index is -0.943. The zero-order chi connectivity index (χ0) is 16.9. The van der Waals surface area contributed by atoms with E-state index in [-0.39, 0.29) is 5.56 Å². The van der Waals surface area contributed by atoms with Crippen molar-refractivity contribution >= 4 is 11.8 Å². The van der Waals surface area contributed by atoms with Gasteiger partial charge in [-0.2, -0.15) is 0 Å². The molecule has 0 aliphatic heterocycles. The summed E-state index contributed by atoms with van der Waals surface area (Å²) in [5, 5.41) is 12.5. The first-order valence-corrected chi connectivity index (χ1v) is 7.57. The Bertz CT molecular complexity index is 860. The number of hydrogen-bond acceptors (Lipinski definition) is 4. The van der Waals surface area contributed by atoms with Crippen molar-refractivity contribution in [3.8, 4) is 11.1 Å². The fourth-order valence-corrected chi connectivity index (χ4v) is 2.42. The van der Waals surface area contributed by atoms with Crippen molar-refractivity contribution in [2.45, 2.75) is 13.5 Å². The molecule has 0 fully saturated rings. The summed E-state index contributed by atoms with van der Waals surface area (Å²) in [6, 6.07) is 14.6. The molecule has 0 atom stereocenters. The van der Waals surface area contributed by atoms with Crippen LogP contribution in [0.4, 0.5) is 5.82 Å². The standard InChI is InChI=1S/C19H17N3O2/c1-13-8-9-20-18(10-13)22-12-15-7-6-14(11-21-15)16-4-2-3-5-17(16)19(23)24/h2-11H,12H2,1H3,(H,20,22)(H,23,24). The summed E-state index contributed by atoms with van der Waals surface area (Å²) < 4.78 is 0. The van der Waals surface area contributed by atoms with E-state index >= 15 is 0 Å². The van der Waals surface area contributed by atoms with Crippen LogP contribution in [0.15, 0.2) is 60.9 Å². The molecule has 3 rings (SSSR count). The number of carboxylic acid groups (broad SMARTS) is 1. The number of rotatable bonds is 5. The second-order valence-corrected chi connectivity index (χ2v) is 5.46. The normalized spacial score (nSPS) is 10.4. The molecule has 1 aromatic carbocycles. The van der Waals surface area contributed by atoms with Crippen LogP contribution in [-0.2, 0) is 6.54 Å². The third-order valence-electron chi connectivity index (χ3n) is 3.66. The lowest BCUT2D eigenvalue weighted by atomic mass is 10.0. The molecule has 0 saturated heterocycles. The molecule has 5 heteroatoms. The highest BCUT2D eigenvalue weighted by Crippen LogP contribution is 2.23. The first-order valence-electron chi connectivity index (χ1n) is 7.57. The maximum atomic E-state index is 11.3. The third kappa shape index (κ3) is 3.57. The molecule has 5 nitrogen and oxygen atoms in total. The Morgan fingerprint density at radius 2 is 1.96 bits per heavy atom. The molecule has 2 N–H and O–H groups in total. The van der Waals surface area contributed by atoms with Gasteiger partial charge < -0.3 is 10.4 Å². The van der Waals surface area contributed by atoms with Crippen molar-refractivity contribution in [2.24, 2.45) is 0 Å². The number of anilines is 1. The third-order valence-corrected chi connectivity index (χ3v) is 3.66. The van der Waals surface area contributed by atoms with Crippen LogP contribution in [-0.4, -0.2) is 21.0 Å². The molecule has 3 aromatic rings. The molecular formula is C19H17N3O2. The Hall–Kier alpha value is -3.21. The summed E-state index contributed by atoms with van der Waals surface area (Å²) in [5.41, 5.74) is 3.72. The topological polar surface area (TPSA) is 75.1 Å². The molecule has 0 saturated carbocycles. The van der Waals surface area contributed by atoms with Gasteiger partial charge >= 0.3 is 5.97 Å². The average Bonchev–Trinajstić information content (AvgIpc) is 2.60. The SMILES string of the molecule is Cc1ccnc(NCc2ccc(-c3ccccc3C(=O)O)cn2)c1. The summed E-state index contributed by atoms with van der Waals surface area (Å²) >= 11 is 0. The van der Waals surface area contributed by atoms with Crippen LogP contribution >= 0.6 is 0 Å². The number of carbonyl (C=O) groups is 1. The molecule has 0 unspecified atom stereocenters. The van der Waals surface area contributed by atoms with Gasteiger partial charge in [-0.05, 0) is 42.3 Å². The van der Waals surface area contributed by atoms with E-state index in [9.17, 15) is 9.90 Å². The van der Waals surface area contributed by atoms with Crippen LogP contribution in [0.25, 0.3) is 11.1 Å². The van der Waals surface area contributed by atoms with E-state index in [0.29, 0.717) is 12.1 Å². The number of pyridine rings is 2. The molecule has 2 heterocycles. The molecule has 24 heavy (non-hydrogen) atoms. The number of aromatic carboxylic acids is 1. The first-order chi connectivity index (χ1) is 11.6. The molecule has 120 valence electrons. The van der Waals surface area contributed by atoms with Gasteiger partial charge in [-0.25, -0.2) is 9.78 Å². The molecule has 0 aliphatic carbocycles. The predicted octanol–water partition coefficient (Wildman–Crippen LogP) is 3.76. The number of nitrogens with zero attached hydrogens (tertiary/aromatic N) is 2. The molecule has 0 radical (unpaired) electrons. The summed E-state index contributed by atoms with van der Waals surface area (Å²) in [6.07, 6.45) is 3.46. The van der Waals surface area contributed by atoms with Gasteiger partial charge in [0.1, 0.15) is 5.82 Å². The Morgan fingerprint density at radius 3 is 2.67 bits per heavy atom. The Labute approximate surface area is 140 Å². The highest BCUT2D eigenvalue weighted by molar-refractivity contribution is 5.95. The van der Waals surface area contributed by atoms with Crippen molar-refractivity contribution in [1.82, 2.24) is 9.97 Å². The van der Waals surface area contributed by atoms with E-state index in [4.69, 9.17) is 0 Å². The quantitative estimate of drug-likeness (QED) is 0.749. The predicted molar refractivity (Wildman–Crippen MR) is 92.9 cm³/mol. The van der Waals surface area contributed by atoms with Gasteiger partial charge in [0, 0.05) is 18.0 Å². The van der Waals surface area contributed by atoms with E-state index < -0.39 is 5.97 Å². The van der Waals surface area contributed by atoms with E-state index in [1.54, 1.807) is 30.6 Å². The number of carboxylic acids is 1. The highest BCUT2D eigenvalue weighted by Gasteiger charge is 2.10. The van der Waals surface area contributed by atoms with Gasteiger partial charge in [-0.1, -0.05) is 24.3 Å². The van der Waals surface area contributed by atoms with E-state index in [0.717, 1.165) is 22.6 Å². The van der Waals surface area contributed by atoms with Crippen LogP contribution < -0.4 is 5.32 Å². The number of aryl methyl sites for hydroxylation is 1. The minimum Gasteiger partial charge on any atom is -0.478 e. The summed E-state index contributed by atoms with van der Waals surface area (Å²) in [6.45, 7) is 2.57. The molecule has 2 aromatic heterocycles. The molecule has 0 bridgehead atoms. The second-order valence-electron chi connectivity index (χ2n) is 5.46. The molecule has 0 spiro atoms. The van der Waals surface area contributed by atoms with Gasteiger partial charge in [0.2, 0.25) is 0 Å². The Morgan fingerprint density at radius 1 is 1.12 bits per heavy atom. The summed E-state index contributed by atoms with van der Waals surface area (Å²) in [4.78, 5) is 20.0. The van der Waals surface area contributed by atoms with E-state index in [2.05, 4.69) is 15.3 Å². The Balaban J connectivity index is 1.75. The second kappa shape index (κ2) is 6.91. The maximum absolute atomic E-state index is 11.3. The van der Waals surface area contributed by atoms with Gasteiger partial charge in [-0.3, -0.25) is 4.98 Å². The highest BCUT2D eigenvalue weighted by atomic mass is 16.4. The zero-order valence-corrected chi connectivity index (χ0v) is 13.2. The number of benzene rings is 1. The summed E-state index contributed by atoms with van der Waals surface area (Å²) in [7, 11) is 0. The fourth-order valence-electron chi connectivity index (χ4n) is 2.42. The molecule has 0 amide bonds. The first kappa shape index (κ1) is 15.7. The van der Waals surface area contributed by atoms with Crippen LogP contribution in [0, 0.1) is 6.92 Å². The van der Waals surface area contributed by atoms with Gasteiger partial charge in [0.15, 0.2) is 0 Å². The molecular weight excluding hydrogens is 302 g/mol. The van der Waals surface area contributed by atoms with Gasteiger partial charge in [0.25, 0.3) is 0 Å². The molecule has 0 aliphatic rings. The smallest absolute Gasteiger partial charge is 0.336 e. The van der Waals surface area contributed by atoms with Crippen molar-refractivity contribution < 1.29 is 9.90 Å². The van der Waals surface area contributed by atoms with Crippen LogP contribution in [0.3, 0.4) is 0 Å². The maximum Gasteiger partial charge on any atom is 0.336 e. The van der Waals surface area contributed by atoms with Crippen molar-refractivity contribution in [3.05, 3.63) is 77.7 Å². The van der Waals surface area contributed by atoms with E-state index in [1.807, 2.05) is 37.3 Å². The number of aromatic nitrogens is 2. The van der Waals surface area contributed by atoms with Gasteiger partial charge in [0.05, 0.1) is 17.8 Å². The van der Waals surface area contributed by atoms with Crippen LogP contribution in [0.1, 0.15) is 21.6 Å². The Kier molecular flexibility index (Phi) is 4.52. The van der Waals surface area contributed by atoms with Gasteiger partial charge in [-0.15, -0.1) is 0 Å². The zero-order valence-electron chi connectivity index (χ0n) is 13.2. The van der Waals surface area contributed by atoms with Crippen molar-refractivity contribution in [2.75, 3.05) is 5.32 Å². The van der Waals surface area contributed by atoms with E-state index in [1.165, 1.54) is 0 Å². The lowest BCUT2D eigenvalue weighted by Gasteiger charge is -2.08. The van der Waals surface area contributed by atoms with Crippen molar-refractivity contribution in [3.63, 3.8) is 0 Å². The average molecular weight is 319 g/mol. The monoisotopic (exact) mass is 319 g/mol. The van der Waals surface area contributed by atoms with Crippen LogP contribution in [0.5, 0.6) is 0 Å². The van der Waals surface area contributed by atoms with Crippen molar-refractivity contribution in [1.29, 1.82) is 0 Å². The minimum absolute atomic E-state index is 0.272. The summed E-state index contributed by atoms with van der Waals surface area (Å²) in [5.74, 6) is -0.140. The number of hydrogen-bond donors (Lipinski definition) is 2. The fraction of sp³-hybridized carbons (Fsp3) is 0.105. The lowest BCUT2D eigenvalue weighted by Crippen LogP contribution is -2.03. The van der Waals surface area contributed by atoms with Crippen LogP contribution in [0.2, 0.25) is 0 Å². The largest absolute Gasteiger partial charge is 0.478 e. The number of nitrogens with one attached hydrogen (secondary N) is 1.